The Labute approximate surface area is 105 Å². The van der Waals surface area contributed by atoms with Gasteiger partial charge in [-0.3, -0.25) is 4.90 Å². The molecule has 0 aromatic heterocycles. The molecule has 3 heteroatoms. The second kappa shape index (κ2) is 5.37. The summed E-state index contributed by atoms with van der Waals surface area (Å²) < 4.78 is 0. The quantitative estimate of drug-likeness (QED) is 0.652. The molecule has 2 rings (SSSR count). The standard InChI is InChI=1S/C14H25N3/c1-13-4-3-6-14(12-15,7-5-13)17-10-8-16(2)9-11-17/h13H,3-11H2,1-2H3. The van der Waals surface area contributed by atoms with Crippen molar-refractivity contribution in [2.45, 2.75) is 44.6 Å². The highest BCUT2D eigenvalue weighted by atomic mass is 15.3. The second-order valence-electron chi connectivity index (χ2n) is 5.97. The fraction of sp³-hybridized carbons (Fsp3) is 0.929. The van der Waals surface area contributed by atoms with Crippen molar-refractivity contribution in [3.63, 3.8) is 0 Å². The Morgan fingerprint density at radius 1 is 1.12 bits per heavy atom. The number of nitrogens with zero attached hydrogens (tertiary/aromatic N) is 3. The summed E-state index contributed by atoms with van der Waals surface area (Å²) in [6, 6.07) is 2.67. The summed E-state index contributed by atoms with van der Waals surface area (Å²) in [4.78, 5) is 4.83. The molecule has 0 aromatic rings. The molecule has 0 N–H and O–H groups in total. The lowest BCUT2D eigenvalue weighted by Gasteiger charge is -2.43. The Balaban J connectivity index is 2.05. The second-order valence-corrected chi connectivity index (χ2v) is 5.97. The van der Waals surface area contributed by atoms with Crippen LogP contribution in [0.3, 0.4) is 0 Å². The molecule has 1 saturated heterocycles. The van der Waals surface area contributed by atoms with Crippen molar-refractivity contribution >= 4 is 0 Å². The number of piperazine rings is 1. The first-order valence-corrected chi connectivity index (χ1v) is 7.01. The fourth-order valence-electron chi connectivity index (χ4n) is 3.23. The molecular formula is C14H25N3. The molecule has 17 heavy (non-hydrogen) atoms. The molecule has 1 heterocycles. The van der Waals surface area contributed by atoms with Gasteiger partial charge >= 0.3 is 0 Å². The van der Waals surface area contributed by atoms with Crippen molar-refractivity contribution in [1.82, 2.24) is 9.80 Å². The van der Waals surface area contributed by atoms with Crippen molar-refractivity contribution in [3.05, 3.63) is 0 Å². The van der Waals surface area contributed by atoms with Crippen LogP contribution < -0.4 is 0 Å². The predicted molar refractivity (Wildman–Crippen MR) is 69.7 cm³/mol. The Morgan fingerprint density at radius 3 is 2.47 bits per heavy atom. The average Bonchev–Trinajstić information content (AvgIpc) is 2.53. The van der Waals surface area contributed by atoms with Crippen molar-refractivity contribution in [2.24, 2.45) is 5.92 Å². The minimum Gasteiger partial charge on any atom is -0.304 e. The number of nitriles is 1. The van der Waals surface area contributed by atoms with E-state index >= 15 is 0 Å². The van der Waals surface area contributed by atoms with Crippen LogP contribution in [0, 0.1) is 17.2 Å². The maximum Gasteiger partial charge on any atom is 0.109 e. The Bertz CT molecular complexity index is 288. The lowest BCUT2D eigenvalue weighted by molar-refractivity contribution is 0.0632. The molecule has 0 amide bonds. The van der Waals surface area contributed by atoms with Crippen LogP contribution >= 0.6 is 0 Å². The molecule has 0 radical (unpaired) electrons. The van der Waals surface area contributed by atoms with Crippen LogP contribution in [0.25, 0.3) is 0 Å². The molecule has 2 atom stereocenters. The number of hydrogen-bond donors (Lipinski definition) is 0. The van der Waals surface area contributed by atoms with Gasteiger partial charge in [-0.25, -0.2) is 0 Å². The molecule has 2 fully saturated rings. The lowest BCUT2D eigenvalue weighted by Crippen LogP contribution is -2.55. The van der Waals surface area contributed by atoms with Crippen LogP contribution in [-0.2, 0) is 0 Å². The largest absolute Gasteiger partial charge is 0.304 e. The van der Waals surface area contributed by atoms with E-state index in [0.717, 1.165) is 44.9 Å². The van der Waals surface area contributed by atoms with Crippen LogP contribution in [0.5, 0.6) is 0 Å². The third-order valence-corrected chi connectivity index (χ3v) is 4.65. The molecule has 2 aliphatic rings. The SMILES string of the molecule is CC1CCCC(C#N)(N2CCN(C)CC2)CC1. The molecule has 3 nitrogen and oxygen atoms in total. The van der Waals surface area contributed by atoms with E-state index in [0.29, 0.717) is 0 Å². The molecule has 1 aliphatic heterocycles. The van der Waals surface area contributed by atoms with E-state index in [9.17, 15) is 5.26 Å². The number of rotatable bonds is 1. The van der Waals surface area contributed by atoms with Crippen LogP contribution in [0.4, 0.5) is 0 Å². The van der Waals surface area contributed by atoms with Gasteiger partial charge in [0.1, 0.15) is 5.54 Å². The van der Waals surface area contributed by atoms with E-state index in [-0.39, 0.29) is 5.54 Å². The van der Waals surface area contributed by atoms with Gasteiger partial charge in [0.05, 0.1) is 6.07 Å². The average molecular weight is 235 g/mol. The van der Waals surface area contributed by atoms with E-state index in [4.69, 9.17) is 0 Å². The molecule has 0 spiro atoms. The Kier molecular flexibility index (Phi) is 4.06. The van der Waals surface area contributed by atoms with Crippen LogP contribution in [0.2, 0.25) is 0 Å². The molecule has 1 saturated carbocycles. The van der Waals surface area contributed by atoms with Crippen molar-refractivity contribution in [1.29, 1.82) is 5.26 Å². The van der Waals surface area contributed by atoms with E-state index in [1.807, 2.05) is 0 Å². The van der Waals surface area contributed by atoms with Gasteiger partial charge in [0.25, 0.3) is 0 Å². The van der Waals surface area contributed by atoms with Gasteiger partial charge in [-0.1, -0.05) is 19.8 Å². The minimum absolute atomic E-state index is 0.147. The maximum absolute atomic E-state index is 9.67. The third kappa shape index (κ3) is 2.81. The van der Waals surface area contributed by atoms with E-state index in [1.54, 1.807) is 0 Å². The summed E-state index contributed by atoms with van der Waals surface area (Å²) in [5, 5.41) is 9.67. The minimum atomic E-state index is -0.147. The summed E-state index contributed by atoms with van der Waals surface area (Å²) in [6.07, 6.45) is 5.91. The zero-order valence-electron chi connectivity index (χ0n) is 11.3. The Hall–Kier alpha value is -0.590. The van der Waals surface area contributed by atoms with Crippen LogP contribution in [-0.4, -0.2) is 48.6 Å². The van der Waals surface area contributed by atoms with E-state index in [2.05, 4.69) is 29.8 Å². The summed E-state index contributed by atoms with van der Waals surface area (Å²) in [5.74, 6) is 0.803. The lowest BCUT2D eigenvalue weighted by atomic mass is 9.88. The van der Waals surface area contributed by atoms with Crippen molar-refractivity contribution < 1.29 is 0 Å². The van der Waals surface area contributed by atoms with Gasteiger partial charge in [0, 0.05) is 26.2 Å². The van der Waals surface area contributed by atoms with E-state index < -0.39 is 0 Å². The first kappa shape index (κ1) is 12.9. The van der Waals surface area contributed by atoms with E-state index in [1.165, 1.54) is 19.3 Å². The zero-order valence-corrected chi connectivity index (χ0v) is 11.3. The summed E-state index contributed by atoms with van der Waals surface area (Å²) >= 11 is 0. The van der Waals surface area contributed by atoms with Crippen molar-refractivity contribution in [3.8, 4) is 6.07 Å². The van der Waals surface area contributed by atoms with Gasteiger partial charge in [0.15, 0.2) is 0 Å². The first-order chi connectivity index (χ1) is 8.16. The molecular weight excluding hydrogens is 210 g/mol. The molecule has 2 unspecified atom stereocenters. The van der Waals surface area contributed by atoms with Crippen molar-refractivity contribution in [2.75, 3.05) is 33.2 Å². The molecule has 96 valence electrons. The van der Waals surface area contributed by atoms with Gasteiger partial charge in [-0.05, 0) is 32.2 Å². The normalized spacial score (nSPS) is 37.4. The fourth-order valence-corrected chi connectivity index (χ4v) is 3.23. The van der Waals surface area contributed by atoms with Crippen LogP contribution in [0.1, 0.15) is 39.0 Å². The molecule has 1 aliphatic carbocycles. The third-order valence-electron chi connectivity index (χ3n) is 4.65. The summed E-state index contributed by atoms with van der Waals surface area (Å²) in [5.41, 5.74) is -0.147. The first-order valence-electron chi connectivity index (χ1n) is 7.01. The molecule has 0 aromatic carbocycles. The highest BCUT2D eigenvalue weighted by Gasteiger charge is 2.39. The van der Waals surface area contributed by atoms with Gasteiger partial charge < -0.3 is 4.90 Å². The van der Waals surface area contributed by atoms with Gasteiger partial charge in [-0.15, -0.1) is 0 Å². The predicted octanol–water partition coefficient (Wildman–Crippen LogP) is 2.10. The van der Waals surface area contributed by atoms with Gasteiger partial charge in [0.2, 0.25) is 0 Å². The smallest absolute Gasteiger partial charge is 0.109 e. The van der Waals surface area contributed by atoms with Gasteiger partial charge in [-0.2, -0.15) is 5.26 Å². The summed E-state index contributed by atoms with van der Waals surface area (Å²) in [6.45, 7) is 6.69. The summed E-state index contributed by atoms with van der Waals surface area (Å²) in [7, 11) is 2.17. The maximum atomic E-state index is 9.67. The molecule has 0 bridgehead atoms. The Morgan fingerprint density at radius 2 is 1.82 bits per heavy atom. The monoisotopic (exact) mass is 235 g/mol. The topological polar surface area (TPSA) is 30.3 Å². The highest BCUT2D eigenvalue weighted by molar-refractivity contribution is 5.10. The van der Waals surface area contributed by atoms with Crippen LogP contribution in [0.15, 0.2) is 0 Å². The number of likely N-dealkylation sites (N-methyl/N-ethyl adjacent to an activating group) is 1. The number of hydrogen-bond acceptors (Lipinski definition) is 3. The zero-order chi connectivity index (χ0) is 12.3. The highest BCUT2D eigenvalue weighted by Crippen LogP contribution is 2.34.